The number of alkyl carbamates (subject to hydrolysis) is 1. The Morgan fingerprint density at radius 3 is 2.60 bits per heavy atom. The third kappa shape index (κ3) is 5.12. The van der Waals surface area contributed by atoms with E-state index >= 15 is 4.39 Å². The molecule has 3 aromatic rings. The molecule has 11 nitrogen and oxygen atoms in total. The number of halogens is 7. The van der Waals surface area contributed by atoms with Gasteiger partial charge in [-0.25, -0.2) is 18.7 Å². The lowest BCUT2D eigenvalue weighted by Crippen LogP contribution is -2.68. The van der Waals surface area contributed by atoms with E-state index in [4.69, 9.17) is 9.47 Å². The van der Waals surface area contributed by atoms with E-state index in [1.54, 1.807) is 0 Å². The molecule has 0 radical (unpaired) electrons. The predicted molar refractivity (Wildman–Crippen MR) is 118 cm³/mol. The van der Waals surface area contributed by atoms with Gasteiger partial charge in [-0.05, 0) is 31.2 Å². The zero-order chi connectivity index (χ0) is 28.4. The quantitative estimate of drug-likeness (QED) is 0.354. The number of amides is 1. The Balaban J connectivity index is 1.16. The first-order chi connectivity index (χ1) is 18.8. The number of aromatic nitrogens is 5. The van der Waals surface area contributed by atoms with Gasteiger partial charge in [0.1, 0.15) is 18.2 Å². The van der Waals surface area contributed by atoms with Gasteiger partial charge in [0.25, 0.3) is 0 Å². The van der Waals surface area contributed by atoms with Gasteiger partial charge in [-0.1, -0.05) is 0 Å². The Morgan fingerprint density at radius 1 is 1.20 bits per heavy atom. The second-order valence-electron chi connectivity index (χ2n) is 10.0. The lowest BCUT2D eigenvalue weighted by atomic mass is 9.50. The standard InChI is InChI=1S/C22H20F7N7O4/c23-16-13(40-19(37)32-20-3-9(4-20)5-20)8-38-17(16)11-2-15(34-33-11)31-18-12-1-10(7-39-22(27,28)29)35-36(12)6-14(30-18)21(24,25)26/h1-2,6,9,13,16-17H,3-5,7-8H2,(H,32,37)(H2,30,31,33,34)/t9?,13-,16-,17-,20?/m0/s1. The minimum absolute atomic E-state index is 0.0942. The summed E-state index contributed by atoms with van der Waals surface area (Å²) in [6.45, 7) is -1.27. The maximum absolute atomic E-state index is 15.1. The van der Waals surface area contributed by atoms with Crippen LogP contribution in [0, 0.1) is 5.92 Å². The van der Waals surface area contributed by atoms with Gasteiger partial charge in [-0.2, -0.15) is 23.4 Å². The highest BCUT2D eigenvalue weighted by molar-refractivity contribution is 5.73. The largest absolute Gasteiger partial charge is 0.522 e. The van der Waals surface area contributed by atoms with Gasteiger partial charge < -0.3 is 20.1 Å². The Bertz CT molecular complexity index is 1420. The first-order valence-electron chi connectivity index (χ1n) is 12.0. The van der Waals surface area contributed by atoms with Gasteiger partial charge in [0.2, 0.25) is 0 Å². The number of alkyl halides is 7. The van der Waals surface area contributed by atoms with Crippen LogP contribution < -0.4 is 10.6 Å². The van der Waals surface area contributed by atoms with E-state index in [1.807, 2.05) is 0 Å². The summed E-state index contributed by atoms with van der Waals surface area (Å²) in [6.07, 6.45) is -11.6. The van der Waals surface area contributed by atoms with Crippen LogP contribution in [0.4, 0.5) is 47.2 Å². The van der Waals surface area contributed by atoms with Crippen molar-refractivity contribution in [1.29, 1.82) is 0 Å². The number of hydrogen-bond donors (Lipinski definition) is 3. The monoisotopic (exact) mass is 579 g/mol. The maximum Gasteiger partial charge on any atom is 0.522 e. The predicted octanol–water partition coefficient (Wildman–Crippen LogP) is 4.31. The lowest BCUT2D eigenvalue weighted by molar-refractivity contribution is -0.330. The van der Waals surface area contributed by atoms with Crippen molar-refractivity contribution in [2.24, 2.45) is 5.92 Å². The van der Waals surface area contributed by atoms with Crippen LogP contribution in [0.2, 0.25) is 0 Å². The number of ether oxygens (including phenoxy) is 3. The summed E-state index contributed by atoms with van der Waals surface area (Å²) >= 11 is 0. The van der Waals surface area contributed by atoms with Gasteiger partial charge in [-0.3, -0.25) is 9.84 Å². The van der Waals surface area contributed by atoms with Crippen molar-refractivity contribution in [3.05, 3.63) is 35.4 Å². The minimum Gasteiger partial charge on any atom is -0.441 e. The number of hydrogen-bond acceptors (Lipinski definition) is 8. The van der Waals surface area contributed by atoms with E-state index in [0.717, 1.165) is 25.3 Å². The Kier molecular flexibility index (Phi) is 6.10. The van der Waals surface area contributed by atoms with Crippen molar-refractivity contribution in [2.75, 3.05) is 11.9 Å². The molecule has 3 aliphatic carbocycles. The van der Waals surface area contributed by atoms with Crippen molar-refractivity contribution >= 4 is 23.2 Å². The Hall–Kier alpha value is -3.67. The van der Waals surface area contributed by atoms with Gasteiger partial charge in [0, 0.05) is 11.6 Å². The third-order valence-corrected chi connectivity index (χ3v) is 7.08. The van der Waals surface area contributed by atoms with Gasteiger partial charge >= 0.3 is 18.6 Å². The first-order valence-corrected chi connectivity index (χ1v) is 12.0. The summed E-state index contributed by atoms with van der Waals surface area (Å²) in [6, 6.07) is 2.32. The van der Waals surface area contributed by atoms with Crippen molar-refractivity contribution in [1.82, 2.24) is 30.1 Å². The number of nitrogens with zero attached hydrogens (tertiary/aromatic N) is 4. The highest BCUT2D eigenvalue weighted by Crippen LogP contribution is 2.57. The average molecular weight is 579 g/mol. The molecule has 3 aromatic heterocycles. The zero-order valence-corrected chi connectivity index (χ0v) is 20.1. The molecule has 0 spiro atoms. The third-order valence-electron chi connectivity index (χ3n) is 7.08. The SMILES string of the molecule is O=C(NC12CC(C1)C2)O[C@H]1CO[C@@H](c2cc(Nc3nc(C(F)(F)F)cn4nc(COC(F)(F)F)cc34)n[nH]2)[C@H]1F. The molecule has 4 fully saturated rings. The van der Waals surface area contributed by atoms with E-state index in [9.17, 15) is 31.1 Å². The number of anilines is 2. The van der Waals surface area contributed by atoms with E-state index in [0.29, 0.717) is 16.6 Å². The molecule has 0 aromatic carbocycles. The van der Waals surface area contributed by atoms with E-state index in [1.165, 1.54) is 6.07 Å². The normalized spacial score (nSPS) is 27.8. The van der Waals surface area contributed by atoms with Crippen LogP contribution in [0.3, 0.4) is 0 Å². The second-order valence-corrected chi connectivity index (χ2v) is 10.0. The molecule has 0 unspecified atom stereocenters. The summed E-state index contributed by atoms with van der Waals surface area (Å²) in [5.74, 6) is 0.0899. The number of aromatic amines is 1. The van der Waals surface area contributed by atoms with Gasteiger partial charge in [0.15, 0.2) is 29.6 Å². The number of carbonyl (C=O) groups is 1. The number of H-pyrrole nitrogens is 1. The van der Waals surface area contributed by atoms with Crippen LogP contribution in [0.5, 0.6) is 0 Å². The maximum atomic E-state index is 15.1. The van der Waals surface area contributed by atoms with Gasteiger partial charge in [-0.15, -0.1) is 13.2 Å². The van der Waals surface area contributed by atoms with Crippen molar-refractivity contribution in [2.45, 2.75) is 62.3 Å². The molecule has 18 heteroatoms. The summed E-state index contributed by atoms with van der Waals surface area (Å²) in [5, 5.41) is 15.4. The van der Waals surface area contributed by atoms with Crippen molar-refractivity contribution in [3.8, 4) is 0 Å². The van der Waals surface area contributed by atoms with Crippen LogP contribution in [-0.4, -0.2) is 61.7 Å². The Morgan fingerprint density at radius 2 is 1.95 bits per heavy atom. The highest BCUT2D eigenvalue weighted by atomic mass is 19.4. The second kappa shape index (κ2) is 9.18. The van der Waals surface area contributed by atoms with E-state index < -0.39 is 55.1 Å². The fourth-order valence-electron chi connectivity index (χ4n) is 5.12. The van der Waals surface area contributed by atoms with Gasteiger partial charge in [0.05, 0.1) is 24.2 Å². The van der Waals surface area contributed by atoms with Crippen LogP contribution in [0.15, 0.2) is 18.3 Å². The molecule has 40 heavy (non-hydrogen) atoms. The Labute approximate surface area is 219 Å². The van der Waals surface area contributed by atoms with Crippen LogP contribution in [0.25, 0.3) is 5.52 Å². The minimum atomic E-state index is -4.97. The average Bonchev–Trinajstić information content (AvgIpc) is 3.52. The van der Waals surface area contributed by atoms with Crippen LogP contribution in [0.1, 0.15) is 42.4 Å². The molecule has 1 amide bonds. The van der Waals surface area contributed by atoms with Crippen LogP contribution in [-0.2, 0) is 27.0 Å². The molecule has 1 aliphatic heterocycles. The van der Waals surface area contributed by atoms with Crippen molar-refractivity contribution < 1.29 is 49.7 Å². The molecule has 1 saturated heterocycles. The summed E-state index contributed by atoms with van der Waals surface area (Å²) in [7, 11) is 0. The fourth-order valence-corrected chi connectivity index (χ4v) is 5.12. The first kappa shape index (κ1) is 26.5. The number of carbonyl (C=O) groups excluding carboxylic acids is 1. The van der Waals surface area contributed by atoms with Crippen LogP contribution >= 0.6 is 0 Å². The molecule has 216 valence electrons. The number of nitrogens with one attached hydrogen (secondary N) is 3. The summed E-state index contributed by atoms with van der Waals surface area (Å²) < 4.78 is 108. The van der Waals surface area contributed by atoms with E-state index in [2.05, 4.69) is 35.7 Å². The number of fused-ring (bicyclic) bond motifs is 1. The topological polar surface area (TPSA) is 128 Å². The molecule has 3 atom stereocenters. The molecule has 4 aliphatic rings. The van der Waals surface area contributed by atoms with E-state index in [-0.39, 0.29) is 34.9 Å². The molecule has 2 bridgehead atoms. The molecule has 3 N–H and O–H groups in total. The molecule has 7 rings (SSSR count). The molecule has 4 heterocycles. The summed E-state index contributed by atoms with van der Waals surface area (Å²) in [4.78, 5) is 15.7. The zero-order valence-electron chi connectivity index (χ0n) is 20.1. The molecular weight excluding hydrogens is 559 g/mol. The van der Waals surface area contributed by atoms with Crippen molar-refractivity contribution in [3.63, 3.8) is 0 Å². The molecule has 3 saturated carbocycles. The lowest BCUT2D eigenvalue weighted by Gasteiger charge is -2.61. The fraction of sp³-hybridized carbons (Fsp3) is 0.545. The number of rotatable bonds is 7. The highest BCUT2D eigenvalue weighted by Gasteiger charge is 2.58. The summed E-state index contributed by atoms with van der Waals surface area (Å²) in [5.41, 5.74) is -1.96. The smallest absolute Gasteiger partial charge is 0.441 e. The molecular formula is C22H20F7N7O4.